The summed E-state index contributed by atoms with van der Waals surface area (Å²) in [5.41, 5.74) is 0. The molecule has 3 nitrogen and oxygen atoms in total. The average Bonchev–Trinajstić information content (AvgIpc) is 2.20. The third kappa shape index (κ3) is 8.88. The Morgan fingerprint density at radius 1 is 1.40 bits per heavy atom. The van der Waals surface area contributed by atoms with E-state index in [2.05, 4.69) is 33.1 Å². The van der Waals surface area contributed by atoms with Crippen molar-refractivity contribution in [2.24, 2.45) is 0 Å². The van der Waals surface area contributed by atoms with E-state index in [1.165, 1.54) is 0 Å². The van der Waals surface area contributed by atoms with Crippen molar-refractivity contribution in [2.45, 2.75) is 37.4 Å². The Morgan fingerprint density at radius 3 is 2.60 bits per heavy atom. The van der Waals surface area contributed by atoms with Gasteiger partial charge in [0.25, 0.3) is 0 Å². The van der Waals surface area contributed by atoms with Gasteiger partial charge >= 0.3 is 0 Å². The van der Waals surface area contributed by atoms with Crippen molar-refractivity contribution in [1.29, 1.82) is 0 Å². The molecule has 1 amide bonds. The van der Waals surface area contributed by atoms with E-state index < -0.39 is 0 Å². The maximum Gasteiger partial charge on any atom is 0.233 e. The van der Waals surface area contributed by atoms with Crippen LogP contribution in [0.2, 0.25) is 0 Å². The van der Waals surface area contributed by atoms with Crippen LogP contribution in [0.3, 0.4) is 0 Å². The van der Waals surface area contributed by atoms with Crippen molar-refractivity contribution in [3.05, 3.63) is 0 Å². The van der Waals surface area contributed by atoms with Gasteiger partial charge in [-0.15, -0.1) is 0 Å². The first kappa shape index (κ1) is 14.9. The number of hydrogen-bond donors (Lipinski definition) is 1. The lowest BCUT2D eigenvalue weighted by atomic mass is 10.2. The second kappa shape index (κ2) is 9.16. The Balaban J connectivity index is 3.47. The fourth-order valence-corrected chi connectivity index (χ4v) is 1.72. The van der Waals surface area contributed by atoms with Crippen LogP contribution >= 0.6 is 15.9 Å². The van der Waals surface area contributed by atoms with E-state index in [9.17, 15) is 4.79 Å². The van der Waals surface area contributed by atoms with E-state index in [4.69, 9.17) is 0 Å². The fourth-order valence-electron chi connectivity index (χ4n) is 1.23. The van der Waals surface area contributed by atoms with Crippen molar-refractivity contribution in [2.75, 3.05) is 27.2 Å². The fraction of sp³-hybridized carbons (Fsp3) is 0.909. The highest BCUT2D eigenvalue weighted by Crippen LogP contribution is 2.09. The van der Waals surface area contributed by atoms with E-state index in [0.29, 0.717) is 0 Å². The summed E-state index contributed by atoms with van der Waals surface area (Å²) < 4.78 is 0. The van der Waals surface area contributed by atoms with Gasteiger partial charge in [-0.25, -0.2) is 0 Å². The average molecular weight is 279 g/mol. The lowest BCUT2D eigenvalue weighted by Gasteiger charge is -2.12. The number of rotatable bonds is 8. The minimum Gasteiger partial charge on any atom is -0.355 e. The zero-order valence-corrected chi connectivity index (χ0v) is 11.6. The third-order valence-corrected chi connectivity index (χ3v) is 3.05. The van der Waals surface area contributed by atoms with Gasteiger partial charge in [0.15, 0.2) is 0 Å². The Hall–Kier alpha value is -0.0900. The highest BCUT2D eigenvalue weighted by Gasteiger charge is 2.12. The molecule has 0 bridgehead atoms. The summed E-state index contributed by atoms with van der Waals surface area (Å²) in [4.78, 5) is 13.6. The van der Waals surface area contributed by atoms with Crippen LogP contribution in [0.1, 0.15) is 32.6 Å². The van der Waals surface area contributed by atoms with Crippen LogP contribution in [-0.2, 0) is 4.79 Å². The monoisotopic (exact) mass is 278 g/mol. The molecule has 4 heteroatoms. The largest absolute Gasteiger partial charge is 0.355 e. The smallest absolute Gasteiger partial charge is 0.233 e. The highest BCUT2D eigenvalue weighted by atomic mass is 79.9. The second-order valence-electron chi connectivity index (χ2n) is 4.06. The van der Waals surface area contributed by atoms with Crippen LogP contribution in [0.5, 0.6) is 0 Å². The van der Waals surface area contributed by atoms with Crippen LogP contribution in [0.25, 0.3) is 0 Å². The van der Waals surface area contributed by atoms with Crippen LogP contribution in [0.4, 0.5) is 0 Å². The summed E-state index contributed by atoms with van der Waals surface area (Å²) in [7, 11) is 4.08. The number of unbranched alkanes of at least 4 members (excludes halogenated alkanes) is 1. The third-order valence-electron chi connectivity index (χ3n) is 2.18. The predicted molar refractivity (Wildman–Crippen MR) is 68.4 cm³/mol. The molecule has 0 aromatic carbocycles. The second-order valence-corrected chi connectivity index (χ2v) is 5.16. The maximum atomic E-state index is 11.5. The molecule has 0 aromatic rings. The zero-order chi connectivity index (χ0) is 11.7. The first-order valence-corrected chi connectivity index (χ1v) is 6.56. The molecule has 0 aliphatic carbocycles. The van der Waals surface area contributed by atoms with Crippen LogP contribution in [0.15, 0.2) is 0 Å². The van der Waals surface area contributed by atoms with Gasteiger partial charge in [-0.3, -0.25) is 4.79 Å². The number of amides is 1. The topological polar surface area (TPSA) is 32.3 Å². The van der Waals surface area contributed by atoms with Crippen LogP contribution < -0.4 is 5.32 Å². The molecule has 0 radical (unpaired) electrons. The van der Waals surface area contributed by atoms with Crippen molar-refractivity contribution in [3.63, 3.8) is 0 Å². The molecule has 1 atom stereocenters. The number of nitrogens with one attached hydrogen (secondary N) is 1. The molecule has 0 aliphatic heterocycles. The van der Waals surface area contributed by atoms with Gasteiger partial charge in [-0.05, 0) is 33.5 Å². The van der Waals surface area contributed by atoms with Gasteiger partial charge in [-0.2, -0.15) is 0 Å². The van der Waals surface area contributed by atoms with E-state index in [0.717, 1.165) is 38.8 Å². The van der Waals surface area contributed by atoms with E-state index in [1.54, 1.807) is 0 Å². The van der Waals surface area contributed by atoms with Gasteiger partial charge in [0.05, 0.1) is 4.83 Å². The molecule has 0 saturated carbocycles. The van der Waals surface area contributed by atoms with Gasteiger partial charge in [0, 0.05) is 6.54 Å². The van der Waals surface area contributed by atoms with Crippen molar-refractivity contribution in [1.82, 2.24) is 10.2 Å². The van der Waals surface area contributed by atoms with Crippen molar-refractivity contribution in [3.8, 4) is 0 Å². The molecule has 0 aliphatic rings. The van der Waals surface area contributed by atoms with Crippen LogP contribution in [-0.4, -0.2) is 42.8 Å². The summed E-state index contributed by atoms with van der Waals surface area (Å²) in [6, 6.07) is 0. The summed E-state index contributed by atoms with van der Waals surface area (Å²) in [6.45, 7) is 3.92. The molecular weight excluding hydrogens is 256 g/mol. The summed E-state index contributed by atoms with van der Waals surface area (Å²) in [5, 5.41) is 2.93. The molecule has 0 spiro atoms. The Kier molecular flexibility index (Phi) is 9.10. The van der Waals surface area contributed by atoms with Gasteiger partial charge < -0.3 is 10.2 Å². The molecule has 1 unspecified atom stereocenters. The highest BCUT2D eigenvalue weighted by molar-refractivity contribution is 9.10. The first-order chi connectivity index (χ1) is 7.07. The van der Waals surface area contributed by atoms with E-state index >= 15 is 0 Å². The molecule has 0 heterocycles. The molecule has 1 N–H and O–H groups in total. The van der Waals surface area contributed by atoms with Crippen molar-refractivity contribution >= 4 is 21.8 Å². The molecular formula is C11H23BrN2O. The Morgan fingerprint density at radius 2 is 2.07 bits per heavy atom. The lowest BCUT2D eigenvalue weighted by Crippen LogP contribution is -2.33. The SMILES string of the molecule is CCCCC(Br)C(=O)NCCCN(C)C. The van der Waals surface area contributed by atoms with E-state index in [1.807, 2.05) is 14.1 Å². The van der Waals surface area contributed by atoms with Gasteiger partial charge in [0.1, 0.15) is 0 Å². The molecule has 0 rings (SSSR count). The molecule has 90 valence electrons. The molecule has 0 aromatic heterocycles. The zero-order valence-electron chi connectivity index (χ0n) is 10.1. The molecule has 0 fully saturated rings. The number of carbonyl (C=O) groups is 1. The maximum absolute atomic E-state index is 11.5. The van der Waals surface area contributed by atoms with Crippen molar-refractivity contribution < 1.29 is 4.79 Å². The van der Waals surface area contributed by atoms with E-state index in [-0.39, 0.29) is 10.7 Å². The summed E-state index contributed by atoms with van der Waals surface area (Å²) >= 11 is 3.40. The summed E-state index contributed by atoms with van der Waals surface area (Å²) in [5.74, 6) is 0.127. The minimum absolute atomic E-state index is 0.0168. The van der Waals surface area contributed by atoms with Gasteiger partial charge in [0.2, 0.25) is 5.91 Å². The number of carbonyl (C=O) groups excluding carboxylic acids is 1. The first-order valence-electron chi connectivity index (χ1n) is 5.64. The Bertz CT molecular complexity index is 174. The normalized spacial score (nSPS) is 12.9. The number of nitrogens with zero attached hydrogens (tertiary/aromatic N) is 1. The number of halogens is 1. The quantitative estimate of drug-likeness (QED) is 0.544. The van der Waals surface area contributed by atoms with Crippen LogP contribution in [0, 0.1) is 0 Å². The standard InChI is InChI=1S/C11H23BrN2O/c1-4-5-7-10(12)11(15)13-8-6-9-14(2)3/h10H,4-9H2,1-3H3,(H,13,15). The lowest BCUT2D eigenvalue weighted by molar-refractivity contribution is -0.120. The summed E-state index contributed by atoms with van der Waals surface area (Å²) in [6.07, 6.45) is 4.17. The molecule has 15 heavy (non-hydrogen) atoms. The Labute approximate surface area is 102 Å². The molecule has 0 saturated heterocycles. The predicted octanol–water partition coefficient (Wildman–Crippen LogP) is 2.01. The number of hydrogen-bond acceptors (Lipinski definition) is 2. The van der Waals surface area contributed by atoms with Gasteiger partial charge in [-0.1, -0.05) is 35.7 Å². The minimum atomic E-state index is -0.0168. The number of alkyl halides is 1.